The smallest absolute Gasteiger partial charge is 0.103 e. The van der Waals surface area contributed by atoms with Crippen molar-refractivity contribution in [3.8, 4) is 0 Å². The maximum atomic E-state index is 6.31. The first-order valence-electron chi connectivity index (χ1n) is 9.48. The van der Waals surface area contributed by atoms with Gasteiger partial charge in [-0.2, -0.15) is 5.06 Å². The minimum atomic E-state index is 0.0702. The summed E-state index contributed by atoms with van der Waals surface area (Å²) < 4.78 is 1.33. The third kappa shape index (κ3) is 3.12. The van der Waals surface area contributed by atoms with Crippen molar-refractivity contribution in [1.29, 1.82) is 0 Å². The summed E-state index contributed by atoms with van der Waals surface area (Å²) >= 11 is 1.79. The van der Waals surface area contributed by atoms with Crippen LogP contribution in [0.2, 0.25) is 0 Å². The standard InChI is InChI=1S/C22H23N3OS/c1-16(19-15-27-22-8-3-2-5-17(19)22)26-25-13-11-24(12-14-25)21-7-4-6-20-18(21)9-10-23-20/h2-10,15-16,23H,11-14H2,1H3. The van der Waals surface area contributed by atoms with Gasteiger partial charge >= 0.3 is 0 Å². The molecule has 1 aliphatic heterocycles. The fraction of sp³-hybridized carbons (Fsp3) is 0.273. The SMILES string of the molecule is CC(ON1CCN(c2cccc3[nH]ccc23)CC1)c1csc2ccccc12. The van der Waals surface area contributed by atoms with Gasteiger partial charge in [0.15, 0.2) is 0 Å². The minimum Gasteiger partial charge on any atom is -0.368 e. The summed E-state index contributed by atoms with van der Waals surface area (Å²) in [6, 6.07) is 17.2. The van der Waals surface area contributed by atoms with Crippen molar-refractivity contribution < 1.29 is 4.84 Å². The topological polar surface area (TPSA) is 31.5 Å². The normalized spacial score (nSPS) is 17.0. The van der Waals surface area contributed by atoms with Gasteiger partial charge in [0.2, 0.25) is 0 Å². The molecule has 4 aromatic rings. The van der Waals surface area contributed by atoms with Crippen LogP contribution in [0, 0.1) is 0 Å². The molecule has 138 valence electrons. The molecule has 5 heteroatoms. The average molecular weight is 378 g/mol. The number of anilines is 1. The van der Waals surface area contributed by atoms with Gasteiger partial charge < -0.3 is 9.88 Å². The first-order chi connectivity index (χ1) is 13.3. The monoisotopic (exact) mass is 377 g/mol. The van der Waals surface area contributed by atoms with E-state index in [9.17, 15) is 0 Å². The van der Waals surface area contributed by atoms with Gasteiger partial charge in [0.1, 0.15) is 6.10 Å². The van der Waals surface area contributed by atoms with E-state index in [4.69, 9.17) is 4.84 Å². The number of nitrogens with one attached hydrogen (secondary N) is 1. The van der Waals surface area contributed by atoms with Crippen molar-refractivity contribution in [1.82, 2.24) is 10.0 Å². The molecule has 1 saturated heterocycles. The Hall–Kier alpha value is -2.34. The molecule has 0 bridgehead atoms. The van der Waals surface area contributed by atoms with E-state index >= 15 is 0 Å². The Labute approximate surface area is 162 Å². The number of nitrogens with zero attached hydrogens (tertiary/aromatic N) is 2. The first kappa shape index (κ1) is 16.8. The zero-order chi connectivity index (χ0) is 18.2. The van der Waals surface area contributed by atoms with Gasteiger partial charge in [-0.1, -0.05) is 24.3 Å². The maximum Gasteiger partial charge on any atom is 0.103 e. The molecule has 0 aliphatic carbocycles. The molecule has 1 unspecified atom stereocenters. The molecule has 2 aromatic heterocycles. The highest BCUT2D eigenvalue weighted by Crippen LogP contribution is 2.33. The van der Waals surface area contributed by atoms with Crippen molar-refractivity contribution >= 4 is 38.0 Å². The Morgan fingerprint density at radius 2 is 1.81 bits per heavy atom. The number of H-pyrrole nitrogens is 1. The minimum absolute atomic E-state index is 0.0702. The molecule has 1 N–H and O–H groups in total. The van der Waals surface area contributed by atoms with Crippen molar-refractivity contribution in [2.45, 2.75) is 13.0 Å². The highest BCUT2D eigenvalue weighted by Gasteiger charge is 2.22. The fourth-order valence-electron chi connectivity index (χ4n) is 3.97. The van der Waals surface area contributed by atoms with Crippen LogP contribution in [0.4, 0.5) is 5.69 Å². The lowest BCUT2D eigenvalue weighted by atomic mass is 10.1. The van der Waals surface area contributed by atoms with E-state index in [0.29, 0.717) is 0 Å². The lowest BCUT2D eigenvalue weighted by Gasteiger charge is -2.36. The van der Waals surface area contributed by atoms with E-state index in [1.165, 1.54) is 32.2 Å². The molecule has 2 aromatic carbocycles. The molecule has 0 saturated carbocycles. The molecule has 0 spiro atoms. The largest absolute Gasteiger partial charge is 0.368 e. The van der Waals surface area contributed by atoms with Gasteiger partial charge in [-0.3, -0.25) is 4.84 Å². The number of fused-ring (bicyclic) bond motifs is 2. The number of piperazine rings is 1. The van der Waals surface area contributed by atoms with Crippen molar-refractivity contribution in [3.05, 3.63) is 65.7 Å². The summed E-state index contributed by atoms with van der Waals surface area (Å²) in [4.78, 5) is 12.1. The molecule has 0 amide bonds. The predicted molar refractivity (Wildman–Crippen MR) is 113 cm³/mol. The Morgan fingerprint density at radius 3 is 2.70 bits per heavy atom. The number of rotatable bonds is 4. The van der Waals surface area contributed by atoms with E-state index in [2.05, 4.69) is 75.8 Å². The van der Waals surface area contributed by atoms with E-state index in [1.54, 1.807) is 11.3 Å². The lowest BCUT2D eigenvalue weighted by molar-refractivity contribution is -0.196. The molecule has 27 heavy (non-hydrogen) atoms. The summed E-state index contributed by atoms with van der Waals surface area (Å²) in [5.41, 5.74) is 3.80. The van der Waals surface area contributed by atoms with Crippen LogP contribution >= 0.6 is 11.3 Å². The van der Waals surface area contributed by atoms with Crippen LogP contribution in [0.5, 0.6) is 0 Å². The van der Waals surface area contributed by atoms with E-state index in [-0.39, 0.29) is 6.10 Å². The van der Waals surface area contributed by atoms with Crippen LogP contribution in [-0.4, -0.2) is 36.2 Å². The van der Waals surface area contributed by atoms with Crippen LogP contribution in [0.3, 0.4) is 0 Å². The Bertz CT molecular complexity index is 1060. The Balaban J connectivity index is 1.26. The Kier molecular flexibility index (Phi) is 4.36. The van der Waals surface area contributed by atoms with Crippen molar-refractivity contribution in [3.63, 3.8) is 0 Å². The molecular formula is C22H23N3OS. The summed E-state index contributed by atoms with van der Waals surface area (Å²) in [6.45, 7) is 5.92. The molecule has 5 rings (SSSR count). The predicted octanol–water partition coefficient (Wildman–Crippen LogP) is 5.20. The van der Waals surface area contributed by atoms with Gasteiger partial charge in [-0.05, 0) is 42.0 Å². The second-order valence-electron chi connectivity index (χ2n) is 7.07. The van der Waals surface area contributed by atoms with E-state index in [0.717, 1.165) is 26.2 Å². The summed E-state index contributed by atoms with van der Waals surface area (Å²) in [7, 11) is 0. The quantitative estimate of drug-likeness (QED) is 0.530. The third-order valence-corrected chi connectivity index (χ3v) is 6.39. The van der Waals surface area contributed by atoms with Crippen LogP contribution < -0.4 is 4.90 Å². The van der Waals surface area contributed by atoms with Crippen molar-refractivity contribution in [2.75, 3.05) is 31.1 Å². The van der Waals surface area contributed by atoms with Gasteiger partial charge in [0.25, 0.3) is 0 Å². The molecule has 1 aliphatic rings. The second kappa shape index (κ2) is 7.00. The summed E-state index contributed by atoms with van der Waals surface area (Å²) in [5, 5.41) is 6.97. The van der Waals surface area contributed by atoms with Crippen LogP contribution in [0.1, 0.15) is 18.6 Å². The highest BCUT2D eigenvalue weighted by atomic mass is 32.1. The number of aromatic nitrogens is 1. The number of hydrogen-bond donors (Lipinski definition) is 1. The molecule has 1 atom stereocenters. The number of aromatic amines is 1. The van der Waals surface area contributed by atoms with Crippen molar-refractivity contribution in [2.24, 2.45) is 0 Å². The lowest BCUT2D eigenvalue weighted by Crippen LogP contribution is -2.46. The number of thiophene rings is 1. The maximum absolute atomic E-state index is 6.31. The van der Waals surface area contributed by atoms with Gasteiger partial charge in [-0.25, -0.2) is 0 Å². The molecule has 3 heterocycles. The van der Waals surface area contributed by atoms with Crippen LogP contribution in [-0.2, 0) is 4.84 Å². The van der Waals surface area contributed by atoms with Gasteiger partial charge in [0, 0.05) is 59.2 Å². The molecule has 1 fully saturated rings. The van der Waals surface area contributed by atoms with Gasteiger partial charge in [-0.15, -0.1) is 11.3 Å². The Morgan fingerprint density at radius 1 is 0.963 bits per heavy atom. The van der Waals surface area contributed by atoms with E-state index in [1.807, 2.05) is 6.20 Å². The number of hydroxylamine groups is 2. The highest BCUT2D eigenvalue weighted by molar-refractivity contribution is 7.17. The second-order valence-corrected chi connectivity index (χ2v) is 7.98. The van der Waals surface area contributed by atoms with Gasteiger partial charge in [0.05, 0.1) is 0 Å². The summed E-state index contributed by atoms with van der Waals surface area (Å²) in [5.74, 6) is 0. The zero-order valence-corrected chi connectivity index (χ0v) is 16.2. The third-order valence-electron chi connectivity index (χ3n) is 5.41. The molecule has 0 radical (unpaired) electrons. The number of benzene rings is 2. The zero-order valence-electron chi connectivity index (χ0n) is 15.4. The average Bonchev–Trinajstić information content (AvgIpc) is 3.35. The fourth-order valence-corrected chi connectivity index (χ4v) is 5.02. The van der Waals surface area contributed by atoms with Crippen LogP contribution in [0.15, 0.2) is 60.1 Å². The number of hydrogen-bond acceptors (Lipinski definition) is 4. The van der Waals surface area contributed by atoms with E-state index < -0.39 is 0 Å². The van der Waals surface area contributed by atoms with Crippen LogP contribution in [0.25, 0.3) is 21.0 Å². The molecule has 4 nitrogen and oxygen atoms in total. The first-order valence-corrected chi connectivity index (χ1v) is 10.4. The summed E-state index contributed by atoms with van der Waals surface area (Å²) in [6.07, 6.45) is 2.08. The molecular weight excluding hydrogens is 354 g/mol.